The van der Waals surface area contributed by atoms with E-state index in [4.69, 9.17) is 0 Å². The molecule has 2 heteroatoms. The van der Waals surface area contributed by atoms with E-state index in [0.717, 1.165) is 11.1 Å². The van der Waals surface area contributed by atoms with Crippen molar-refractivity contribution in [2.24, 2.45) is 5.92 Å². The maximum atomic E-state index is 11.6. The summed E-state index contributed by atoms with van der Waals surface area (Å²) >= 11 is 0. The fourth-order valence-electron chi connectivity index (χ4n) is 1.77. The predicted molar refractivity (Wildman–Crippen MR) is 48.6 cm³/mol. The molecule has 0 saturated carbocycles. The van der Waals surface area contributed by atoms with Gasteiger partial charge < -0.3 is 0 Å². The van der Waals surface area contributed by atoms with E-state index in [-0.39, 0.29) is 11.6 Å². The van der Waals surface area contributed by atoms with Gasteiger partial charge in [0, 0.05) is 5.56 Å². The summed E-state index contributed by atoms with van der Waals surface area (Å²) in [4.78, 5) is 22.7. The average Bonchev–Trinajstić information content (AvgIpc) is 2.45. The number of carbonyl (C=O) groups is 2. The minimum Gasteiger partial charge on any atom is -0.299 e. The fourth-order valence-corrected chi connectivity index (χ4v) is 1.77. The van der Waals surface area contributed by atoms with Crippen LogP contribution in [0.5, 0.6) is 0 Å². The first-order valence-corrected chi connectivity index (χ1v) is 4.32. The Balaban J connectivity index is 2.44. The molecule has 0 fully saturated rings. The number of fused-ring (bicyclic) bond motifs is 1. The lowest BCUT2D eigenvalue weighted by Gasteiger charge is -1.99. The van der Waals surface area contributed by atoms with Gasteiger partial charge in [-0.3, -0.25) is 9.59 Å². The summed E-state index contributed by atoms with van der Waals surface area (Å²) in [7, 11) is 0. The maximum Gasteiger partial charge on any atom is 0.173 e. The lowest BCUT2D eigenvalue weighted by Crippen LogP contribution is -2.17. The van der Waals surface area contributed by atoms with E-state index in [9.17, 15) is 9.59 Å². The van der Waals surface area contributed by atoms with E-state index in [0.29, 0.717) is 6.42 Å². The molecule has 0 aliphatic heterocycles. The van der Waals surface area contributed by atoms with Crippen LogP contribution in [-0.2, 0) is 11.2 Å². The quantitative estimate of drug-likeness (QED) is 0.606. The van der Waals surface area contributed by atoms with E-state index >= 15 is 0 Å². The minimum absolute atomic E-state index is 0.0110. The van der Waals surface area contributed by atoms with Crippen LogP contribution in [0.25, 0.3) is 0 Å². The molecule has 0 radical (unpaired) electrons. The maximum absolute atomic E-state index is 11.6. The average molecular weight is 174 g/mol. The number of hydrogen-bond donors (Lipinski definition) is 0. The first kappa shape index (κ1) is 8.17. The zero-order chi connectivity index (χ0) is 9.42. The van der Waals surface area contributed by atoms with Crippen LogP contribution >= 0.6 is 0 Å². The van der Waals surface area contributed by atoms with Crippen LogP contribution in [-0.4, -0.2) is 11.6 Å². The van der Waals surface area contributed by atoms with Gasteiger partial charge in [0.25, 0.3) is 0 Å². The second-order valence-electron chi connectivity index (χ2n) is 3.39. The van der Waals surface area contributed by atoms with Crippen molar-refractivity contribution in [2.75, 3.05) is 0 Å². The van der Waals surface area contributed by atoms with Gasteiger partial charge in [-0.05, 0) is 18.9 Å². The molecule has 1 aliphatic carbocycles. The second kappa shape index (κ2) is 2.80. The van der Waals surface area contributed by atoms with E-state index in [1.54, 1.807) is 6.07 Å². The van der Waals surface area contributed by atoms with Crippen molar-refractivity contribution >= 4 is 11.6 Å². The highest BCUT2D eigenvalue weighted by Crippen LogP contribution is 2.26. The summed E-state index contributed by atoms with van der Waals surface area (Å²) in [5.41, 5.74) is 1.73. The Kier molecular flexibility index (Phi) is 1.76. The highest BCUT2D eigenvalue weighted by atomic mass is 16.1. The molecule has 1 aromatic rings. The molecule has 66 valence electrons. The van der Waals surface area contributed by atoms with Gasteiger partial charge in [-0.25, -0.2) is 0 Å². The van der Waals surface area contributed by atoms with Gasteiger partial charge in [0.15, 0.2) is 5.78 Å². The molecule has 2 rings (SSSR count). The van der Waals surface area contributed by atoms with Crippen LogP contribution in [0.4, 0.5) is 0 Å². The standard InChI is InChI=1S/C11H10O2/c1-7(12)10-6-8-4-2-3-5-9(8)11(10)13/h2-5,10H,6H2,1H3. The summed E-state index contributed by atoms with van der Waals surface area (Å²) in [6.07, 6.45) is 0.588. The minimum atomic E-state index is -0.419. The van der Waals surface area contributed by atoms with Crippen LogP contribution in [0.3, 0.4) is 0 Å². The molecule has 1 atom stereocenters. The van der Waals surface area contributed by atoms with Crippen molar-refractivity contribution in [3.63, 3.8) is 0 Å². The SMILES string of the molecule is CC(=O)C1Cc2ccccc2C1=O. The molecule has 0 amide bonds. The van der Waals surface area contributed by atoms with Crippen LogP contribution in [0, 0.1) is 5.92 Å². The van der Waals surface area contributed by atoms with Crippen LogP contribution in [0.15, 0.2) is 24.3 Å². The van der Waals surface area contributed by atoms with Crippen molar-refractivity contribution in [1.29, 1.82) is 0 Å². The molecule has 0 saturated heterocycles. The Morgan fingerprint density at radius 3 is 2.69 bits per heavy atom. The summed E-state index contributed by atoms with van der Waals surface area (Å²) in [5, 5.41) is 0. The summed E-state index contributed by atoms with van der Waals surface area (Å²) in [6, 6.07) is 7.44. The molecule has 0 bridgehead atoms. The van der Waals surface area contributed by atoms with Crippen molar-refractivity contribution in [1.82, 2.24) is 0 Å². The van der Waals surface area contributed by atoms with E-state index in [1.165, 1.54) is 6.92 Å². The van der Waals surface area contributed by atoms with Crippen molar-refractivity contribution in [3.8, 4) is 0 Å². The fraction of sp³-hybridized carbons (Fsp3) is 0.273. The first-order chi connectivity index (χ1) is 6.20. The molecule has 0 heterocycles. The highest BCUT2D eigenvalue weighted by Gasteiger charge is 2.32. The smallest absolute Gasteiger partial charge is 0.173 e. The van der Waals surface area contributed by atoms with Gasteiger partial charge in [0.1, 0.15) is 5.78 Å². The number of Topliss-reactive ketones (excluding diaryl/α,β-unsaturated/α-hetero) is 2. The number of carbonyl (C=O) groups excluding carboxylic acids is 2. The Labute approximate surface area is 76.6 Å². The third-order valence-corrected chi connectivity index (χ3v) is 2.51. The van der Waals surface area contributed by atoms with E-state index < -0.39 is 5.92 Å². The lowest BCUT2D eigenvalue weighted by atomic mass is 10.0. The molecule has 1 unspecified atom stereocenters. The first-order valence-electron chi connectivity index (χ1n) is 4.32. The molecule has 0 spiro atoms. The van der Waals surface area contributed by atoms with Gasteiger partial charge in [-0.2, -0.15) is 0 Å². The summed E-state index contributed by atoms with van der Waals surface area (Å²) < 4.78 is 0. The third-order valence-electron chi connectivity index (χ3n) is 2.51. The normalized spacial score (nSPS) is 20.1. The molecule has 0 aromatic heterocycles. The largest absolute Gasteiger partial charge is 0.299 e. The van der Waals surface area contributed by atoms with Gasteiger partial charge in [0.05, 0.1) is 5.92 Å². The number of benzene rings is 1. The molecular formula is C11H10O2. The molecule has 0 N–H and O–H groups in total. The second-order valence-corrected chi connectivity index (χ2v) is 3.39. The van der Waals surface area contributed by atoms with E-state index in [2.05, 4.69) is 0 Å². The van der Waals surface area contributed by atoms with Crippen LogP contribution in [0.1, 0.15) is 22.8 Å². The molecule has 1 aliphatic rings. The Morgan fingerprint density at radius 1 is 1.38 bits per heavy atom. The number of ketones is 2. The lowest BCUT2D eigenvalue weighted by molar-refractivity contribution is -0.119. The summed E-state index contributed by atoms with van der Waals surface area (Å²) in [6.45, 7) is 1.48. The highest BCUT2D eigenvalue weighted by molar-refractivity contribution is 6.13. The van der Waals surface area contributed by atoms with Crippen LogP contribution < -0.4 is 0 Å². The zero-order valence-electron chi connectivity index (χ0n) is 7.41. The Bertz CT molecular complexity index is 379. The monoisotopic (exact) mass is 174 g/mol. The van der Waals surface area contributed by atoms with Crippen molar-refractivity contribution in [2.45, 2.75) is 13.3 Å². The van der Waals surface area contributed by atoms with Gasteiger partial charge >= 0.3 is 0 Å². The third kappa shape index (κ3) is 1.18. The van der Waals surface area contributed by atoms with Gasteiger partial charge in [-0.1, -0.05) is 24.3 Å². The van der Waals surface area contributed by atoms with Gasteiger partial charge in [-0.15, -0.1) is 0 Å². The molecular weight excluding hydrogens is 164 g/mol. The predicted octanol–water partition coefficient (Wildman–Crippen LogP) is 1.63. The zero-order valence-corrected chi connectivity index (χ0v) is 7.41. The van der Waals surface area contributed by atoms with Crippen molar-refractivity contribution < 1.29 is 9.59 Å². The molecule has 1 aromatic carbocycles. The Morgan fingerprint density at radius 2 is 2.08 bits per heavy atom. The summed E-state index contributed by atoms with van der Waals surface area (Å²) in [5.74, 6) is -0.457. The van der Waals surface area contributed by atoms with Crippen LogP contribution in [0.2, 0.25) is 0 Å². The topological polar surface area (TPSA) is 34.1 Å². The molecule has 13 heavy (non-hydrogen) atoms. The number of rotatable bonds is 1. The van der Waals surface area contributed by atoms with Gasteiger partial charge in [0.2, 0.25) is 0 Å². The Hall–Kier alpha value is -1.44. The van der Waals surface area contributed by atoms with E-state index in [1.807, 2.05) is 18.2 Å². The molecule has 2 nitrogen and oxygen atoms in total. The number of hydrogen-bond acceptors (Lipinski definition) is 2. The van der Waals surface area contributed by atoms with Crippen molar-refractivity contribution in [3.05, 3.63) is 35.4 Å².